The molecule has 0 aromatic carbocycles. The number of carbonyl (C=O) groups excluding carboxylic acids is 1. The van der Waals surface area contributed by atoms with Crippen LogP contribution in [0.5, 0.6) is 0 Å². The average molecular weight is 229 g/mol. The number of fused-ring (bicyclic) bond motifs is 1. The van der Waals surface area contributed by atoms with E-state index in [4.69, 9.17) is 0 Å². The van der Waals surface area contributed by atoms with Gasteiger partial charge in [0.05, 0.1) is 6.54 Å². The molecule has 0 spiro atoms. The topological polar surface area (TPSA) is 50.7 Å². The number of ketones is 1. The Morgan fingerprint density at radius 3 is 3.12 bits per heavy atom. The van der Waals surface area contributed by atoms with E-state index >= 15 is 0 Å². The normalized spacial score (nSPS) is 15.0. The molecular formula is C13H15N3O. The molecule has 88 valence electrons. The Balaban J connectivity index is 2.02. The Bertz CT molecular complexity index is 551. The average Bonchev–Trinajstić information content (AvgIpc) is 2.91. The summed E-state index contributed by atoms with van der Waals surface area (Å²) < 4.78 is 2.20. The summed E-state index contributed by atoms with van der Waals surface area (Å²) in [7, 11) is 0. The van der Waals surface area contributed by atoms with Gasteiger partial charge in [-0.3, -0.25) is 4.79 Å². The predicted octanol–water partition coefficient (Wildman–Crippen LogP) is 2.09. The molecule has 0 unspecified atom stereocenters. The second-order valence-corrected chi connectivity index (χ2v) is 4.54. The van der Waals surface area contributed by atoms with Crippen LogP contribution in [0.3, 0.4) is 0 Å². The third-order valence-electron chi connectivity index (χ3n) is 3.40. The lowest BCUT2D eigenvalue weighted by molar-refractivity contribution is 0.0972. The molecule has 0 saturated heterocycles. The van der Waals surface area contributed by atoms with Crippen molar-refractivity contribution in [2.24, 2.45) is 0 Å². The van der Waals surface area contributed by atoms with Gasteiger partial charge >= 0.3 is 0 Å². The first-order valence-electron chi connectivity index (χ1n) is 5.96. The number of aryl methyl sites for hydroxylation is 1. The van der Waals surface area contributed by atoms with Crippen molar-refractivity contribution in [3.8, 4) is 0 Å². The van der Waals surface area contributed by atoms with E-state index in [0.29, 0.717) is 6.42 Å². The highest BCUT2D eigenvalue weighted by atomic mass is 16.1. The van der Waals surface area contributed by atoms with E-state index in [9.17, 15) is 4.79 Å². The van der Waals surface area contributed by atoms with Crippen LogP contribution in [0.15, 0.2) is 18.5 Å². The van der Waals surface area contributed by atoms with E-state index in [1.54, 1.807) is 6.20 Å². The van der Waals surface area contributed by atoms with Crippen molar-refractivity contribution in [2.45, 2.75) is 32.7 Å². The fraction of sp³-hybridized carbons (Fsp3) is 0.385. The van der Waals surface area contributed by atoms with Gasteiger partial charge < -0.3 is 9.55 Å². The maximum absolute atomic E-state index is 11.8. The summed E-state index contributed by atoms with van der Waals surface area (Å²) in [4.78, 5) is 19.2. The maximum Gasteiger partial charge on any atom is 0.164 e. The van der Waals surface area contributed by atoms with Crippen LogP contribution in [-0.4, -0.2) is 20.3 Å². The Kier molecular flexibility index (Phi) is 2.35. The lowest BCUT2D eigenvalue weighted by Gasteiger charge is -2.15. The SMILES string of the molecule is Cc1cc2c(n1Cc1ncc[nH]1)CCCC2=O. The summed E-state index contributed by atoms with van der Waals surface area (Å²) in [6.45, 7) is 2.77. The standard InChI is InChI=1S/C13H15N3O/c1-9-7-10-11(3-2-4-12(10)17)16(9)8-13-14-5-6-15-13/h5-7H,2-4,8H2,1H3,(H,14,15). The lowest BCUT2D eigenvalue weighted by atomic mass is 9.97. The third-order valence-corrected chi connectivity index (χ3v) is 3.40. The van der Waals surface area contributed by atoms with Crippen molar-refractivity contribution in [1.29, 1.82) is 0 Å². The zero-order valence-electron chi connectivity index (χ0n) is 9.86. The molecule has 0 amide bonds. The second kappa shape index (κ2) is 3.87. The highest BCUT2D eigenvalue weighted by Crippen LogP contribution is 2.25. The van der Waals surface area contributed by atoms with Crippen LogP contribution in [0, 0.1) is 6.92 Å². The van der Waals surface area contributed by atoms with E-state index in [2.05, 4.69) is 21.5 Å². The number of aromatic amines is 1. The molecule has 0 saturated carbocycles. The molecule has 4 nitrogen and oxygen atoms in total. The van der Waals surface area contributed by atoms with Crippen LogP contribution in [0.1, 0.15) is 40.4 Å². The summed E-state index contributed by atoms with van der Waals surface area (Å²) in [6.07, 6.45) is 6.23. The van der Waals surface area contributed by atoms with Gasteiger partial charge in [0.25, 0.3) is 0 Å². The summed E-state index contributed by atoms with van der Waals surface area (Å²) in [5.41, 5.74) is 3.23. The van der Waals surface area contributed by atoms with Crippen LogP contribution in [-0.2, 0) is 13.0 Å². The van der Waals surface area contributed by atoms with Gasteiger partial charge in [0, 0.05) is 35.8 Å². The molecule has 2 heterocycles. The predicted molar refractivity (Wildman–Crippen MR) is 64.1 cm³/mol. The Labute approximate surface area is 99.7 Å². The van der Waals surface area contributed by atoms with Crippen LogP contribution in [0.4, 0.5) is 0 Å². The number of hydrogen-bond donors (Lipinski definition) is 1. The van der Waals surface area contributed by atoms with E-state index in [0.717, 1.165) is 36.5 Å². The molecule has 1 N–H and O–H groups in total. The smallest absolute Gasteiger partial charge is 0.164 e. The zero-order valence-corrected chi connectivity index (χ0v) is 9.86. The van der Waals surface area contributed by atoms with Crippen LogP contribution < -0.4 is 0 Å². The first-order chi connectivity index (χ1) is 8.25. The van der Waals surface area contributed by atoms with Crippen molar-refractivity contribution < 1.29 is 4.79 Å². The minimum Gasteiger partial charge on any atom is -0.347 e. The number of carbonyl (C=O) groups is 1. The van der Waals surface area contributed by atoms with Crippen molar-refractivity contribution in [2.75, 3.05) is 0 Å². The number of Topliss-reactive ketones (excluding diaryl/α,β-unsaturated/α-hetero) is 1. The summed E-state index contributed by atoms with van der Waals surface area (Å²) in [6, 6.07) is 2.01. The zero-order chi connectivity index (χ0) is 11.8. The van der Waals surface area contributed by atoms with Gasteiger partial charge in [-0.2, -0.15) is 0 Å². The van der Waals surface area contributed by atoms with Gasteiger partial charge in [-0.1, -0.05) is 0 Å². The quantitative estimate of drug-likeness (QED) is 0.857. The minimum absolute atomic E-state index is 0.285. The van der Waals surface area contributed by atoms with Gasteiger partial charge in [-0.15, -0.1) is 0 Å². The molecule has 2 aromatic heterocycles. The largest absolute Gasteiger partial charge is 0.347 e. The molecule has 0 fully saturated rings. The van der Waals surface area contributed by atoms with E-state index in [1.807, 2.05) is 12.3 Å². The highest BCUT2D eigenvalue weighted by molar-refractivity contribution is 5.98. The number of H-pyrrole nitrogens is 1. The van der Waals surface area contributed by atoms with E-state index in [-0.39, 0.29) is 5.78 Å². The van der Waals surface area contributed by atoms with Crippen molar-refractivity contribution in [1.82, 2.24) is 14.5 Å². The molecule has 2 aromatic rings. The maximum atomic E-state index is 11.8. The van der Waals surface area contributed by atoms with Crippen molar-refractivity contribution in [3.63, 3.8) is 0 Å². The highest BCUT2D eigenvalue weighted by Gasteiger charge is 2.22. The molecular weight excluding hydrogens is 214 g/mol. The van der Waals surface area contributed by atoms with Gasteiger partial charge in [0.1, 0.15) is 5.82 Å². The molecule has 1 aliphatic rings. The number of rotatable bonds is 2. The molecule has 1 aliphatic carbocycles. The fourth-order valence-electron chi connectivity index (χ4n) is 2.54. The first kappa shape index (κ1) is 10.3. The molecule has 0 aliphatic heterocycles. The third kappa shape index (κ3) is 1.69. The van der Waals surface area contributed by atoms with Crippen LogP contribution in [0.25, 0.3) is 0 Å². The van der Waals surface area contributed by atoms with Gasteiger partial charge in [0.2, 0.25) is 0 Å². The van der Waals surface area contributed by atoms with Gasteiger partial charge in [-0.25, -0.2) is 4.98 Å². The Morgan fingerprint density at radius 1 is 1.47 bits per heavy atom. The molecule has 3 rings (SSSR count). The summed E-state index contributed by atoms with van der Waals surface area (Å²) in [5, 5.41) is 0. The van der Waals surface area contributed by atoms with E-state index < -0.39 is 0 Å². The fourth-order valence-corrected chi connectivity index (χ4v) is 2.54. The van der Waals surface area contributed by atoms with E-state index in [1.165, 1.54) is 5.69 Å². The Hall–Kier alpha value is -1.84. The monoisotopic (exact) mass is 229 g/mol. The molecule has 0 bridgehead atoms. The number of aromatic nitrogens is 3. The van der Waals surface area contributed by atoms with Gasteiger partial charge in [-0.05, 0) is 25.8 Å². The number of hydrogen-bond acceptors (Lipinski definition) is 2. The van der Waals surface area contributed by atoms with Crippen molar-refractivity contribution >= 4 is 5.78 Å². The number of imidazole rings is 1. The summed E-state index contributed by atoms with van der Waals surface area (Å²) in [5.74, 6) is 1.22. The second-order valence-electron chi connectivity index (χ2n) is 4.54. The van der Waals surface area contributed by atoms with Crippen molar-refractivity contribution in [3.05, 3.63) is 41.2 Å². The number of nitrogens with zero attached hydrogens (tertiary/aromatic N) is 2. The number of nitrogens with one attached hydrogen (secondary N) is 1. The lowest BCUT2D eigenvalue weighted by Crippen LogP contribution is -2.14. The molecule has 4 heteroatoms. The molecule has 0 radical (unpaired) electrons. The van der Waals surface area contributed by atoms with Crippen LogP contribution in [0.2, 0.25) is 0 Å². The first-order valence-corrected chi connectivity index (χ1v) is 5.96. The van der Waals surface area contributed by atoms with Crippen LogP contribution >= 0.6 is 0 Å². The molecule has 0 atom stereocenters. The Morgan fingerprint density at radius 2 is 2.35 bits per heavy atom. The minimum atomic E-state index is 0.285. The molecule has 17 heavy (non-hydrogen) atoms. The van der Waals surface area contributed by atoms with Gasteiger partial charge in [0.15, 0.2) is 5.78 Å². The summed E-state index contributed by atoms with van der Waals surface area (Å²) >= 11 is 0.